The van der Waals surface area contributed by atoms with E-state index >= 15 is 0 Å². The molecule has 0 bridgehead atoms. The number of rotatable bonds is 5. The van der Waals surface area contributed by atoms with Crippen molar-refractivity contribution in [3.8, 4) is 10.6 Å². The summed E-state index contributed by atoms with van der Waals surface area (Å²) in [6, 6.07) is 0. The highest BCUT2D eigenvalue weighted by Gasteiger charge is 2.38. The Kier molecular flexibility index (Phi) is 4.16. The van der Waals surface area contributed by atoms with Gasteiger partial charge in [-0.1, -0.05) is 12.8 Å². The van der Waals surface area contributed by atoms with Gasteiger partial charge in [0.2, 0.25) is 0 Å². The maximum absolute atomic E-state index is 12.5. The first-order chi connectivity index (χ1) is 11.0. The Hall–Kier alpha value is -2.22. The first kappa shape index (κ1) is 15.7. The van der Waals surface area contributed by atoms with E-state index in [2.05, 4.69) is 15.4 Å². The summed E-state index contributed by atoms with van der Waals surface area (Å²) in [6.45, 7) is 0. The summed E-state index contributed by atoms with van der Waals surface area (Å²) in [4.78, 5) is 27.9. The van der Waals surface area contributed by atoms with Gasteiger partial charge in [0.15, 0.2) is 0 Å². The third kappa shape index (κ3) is 3.42. The Morgan fingerprint density at radius 2 is 2.17 bits per heavy atom. The first-order valence-corrected chi connectivity index (χ1v) is 8.34. The average Bonchev–Trinajstić information content (AvgIpc) is 3.18. The van der Waals surface area contributed by atoms with Crippen LogP contribution in [0.2, 0.25) is 0 Å². The molecule has 0 spiro atoms. The summed E-state index contributed by atoms with van der Waals surface area (Å²) >= 11 is 1.37. The molecule has 1 fully saturated rings. The first-order valence-electron chi connectivity index (χ1n) is 7.46. The number of amides is 1. The highest BCUT2D eigenvalue weighted by molar-refractivity contribution is 7.13. The van der Waals surface area contributed by atoms with Gasteiger partial charge in [-0.3, -0.25) is 14.3 Å². The molecule has 2 aromatic rings. The number of hydrogen-bond acceptors (Lipinski definition) is 5. The minimum absolute atomic E-state index is 0.0433. The van der Waals surface area contributed by atoms with Crippen LogP contribution >= 0.6 is 11.3 Å². The van der Waals surface area contributed by atoms with E-state index in [1.165, 1.54) is 11.3 Å². The second-order valence-electron chi connectivity index (χ2n) is 5.95. The molecule has 1 aliphatic rings. The fourth-order valence-electron chi connectivity index (χ4n) is 3.03. The van der Waals surface area contributed by atoms with Crippen LogP contribution in [0.3, 0.4) is 0 Å². The predicted molar refractivity (Wildman–Crippen MR) is 85.2 cm³/mol. The highest BCUT2D eigenvalue weighted by Crippen LogP contribution is 2.33. The lowest BCUT2D eigenvalue weighted by Gasteiger charge is -2.28. The number of carbonyl (C=O) groups is 2. The lowest BCUT2D eigenvalue weighted by atomic mass is 9.93. The summed E-state index contributed by atoms with van der Waals surface area (Å²) in [6.07, 6.45) is 6.76. The molecule has 0 aromatic carbocycles. The van der Waals surface area contributed by atoms with E-state index in [4.69, 9.17) is 5.11 Å². The van der Waals surface area contributed by atoms with E-state index in [0.29, 0.717) is 18.5 Å². The maximum Gasteiger partial charge on any atom is 0.305 e. The van der Waals surface area contributed by atoms with Gasteiger partial charge in [0.05, 0.1) is 18.2 Å². The number of carboxylic acid groups (broad SMARTS) is 1. The standard InChI is InChI=1S/C15H18N4O3S/c1-19-8-10(7-16-19)14-17-11(9-23-14)13(22)18-15(6-12(20)21)4-2-3-5-15/h7-9H,2-6H2,1H3,(H,18,22)(H,20,21). The Labute approximate surface area is 137 Å². The summed E-state index contributed by atoms with van der Waals surface area (Å²) in [5.74, 6) is -1.19. The van der Waals surface area contributed by atoms with Gasteiger partial charge in [0.1, 0.15) is 10.7 Å². The highest BCUT2D eigenvalue weighted by atomic mass is 32.1. The number of aryl methyl sites for hydroxylation is 1. The van der Waals surface area contributed by atoms with Gasteiger partial charge in [-0.05, 0) is 12.8 Å². The molecular weight excluding hydrogens is 316 g/mol. The number of thiazole rings is 1. The molecule has 122 valence electrons. The molecule has 0 saturated heterocycles. The average molecular weight is 334 g/mol. The quantitative estimate of drug-likeness (QED) is 0.872. The van der Waals surface area contributed by atoms with Crippen molar-refractivity contribution in [1.82, 2.24) is 20.1 Å². The Bertz CT molecular complexity index is 731. The van der Waals surface area contributed by atoms with E-state index in [9.17, 15) is 9.59 Å². The second kappa shape index (κ2) is 6.11. The van der Waals surface area contributed by atoms with Crippen molar-refractivity contribution in [2.45, 2.75) is 37.6 Å². The van der Waals surface area contributed by atoms with Crippen LogP contribution in [0.25, 0.3) is 10.6 Å². The van der Waals surface area contributed by atoms with Crippen molar-refractivity contribution in [2.24, 2.45) is 7.05 Å². The van der Waals surface area contributed by atoms with Gasteiger partial charge < -0.3 is 10.4 Å². The fraction of sp³-hybridized carbons (Fsp3) is 0.467. The lowest BCUT2D eigenvalue weighted by molar-refractivity contribution is -0.138. The zero-order valence-corrected chi connectivity index (χ0v) is 13.6. The summed E-state index contributed by atoms with van der Waals surface area (Å²) < 4.78 is 1.68. The Morgan fingerprint density at radius 1 is 1.43 bits per heavy atom. The predicted octanol–water partition coefficient (Wildman–Crippen LogP) is 2.06. The number of carboxylic acids is 1. The number of hydrogen-bond donors (Lipinski definition) is 2. The Balaban J connectivity index is 1.75. The molecule has 2 heterocycles. The smallest absolute Gasteiger partial charge is 0.305 e. The maximum atomic E-state index is 12.5. The molecule has 8 heteroatoms. The van der Waals surface area contributed by atoms with Crippen LogP contribution in [0.1, 0.15) is 42.6 Å². The summed E-state index contributed by atoms with van der Waals surface area (Å²) in [7, 11) is 1.82. The third-order valence-electron chi connectivity index (χ3n) is 4.12. The molecular formula is C15H18N4O3S. The van der Waals surface area contributed by atoms with Crippen molar-refractivity contribution in [1.29, 1.82) is 0 Å². The zero-order chi connectivity index (χ0) is 16.4. The molecule has 1 saturated carbocycles. The molecule has 1 aliphatic carbocycles. The van der Waals surface area contributed by atoms with E-state index < -0.39 is 11.5 Å². The molecule has 0 radical (unpaired) electrons. The van der Waals surface area contributed by atoms with Gasteiger partial charge >= 0.3 is 5.97 Å². The van der Waals surface area contributed by atoms with Crippen LogP contribution in [0.4, 0.5) is 0 Å². The molecule has 2 aromatic heterocycles. The van der Waals surface area contributed by atoms with E-state index in [1.54, 1.807) is 16.3 Å². The molecule has 1 amide bonds. The molecule has 23 heavy (non-hydrogen) atoms. The van der Waals surface area contributed by atoms with Gasteiger partial charge in [-0.15, -0.1) is 11.3 Å². The van der Waals surface area contributed by atoms with Gasteiger partial charge in [-0.25, -0.2) is 4.98 Å². The molecule has 0 unspecified atom stereocenters. The van der Waals surface area contributed by atoms with Crippen LogP contribution < -0.4 is 5.32 Å². The zero-order valence-electron chi connectivity index (χ0n) is 12.8. The van der Waals surface area contributed by atoms with Gasteiger partial charge in [0.25, 0.3) is 5.91 Å². The number of carbonyl (C=O) groups excluding carboxylic acids is 1. The minimum Gasteiger partial charge on any atom is -0.481 e. The molecule has 0 aliphatic heterocycles. The van der Waals surface area contributed by atoms with Crippen LogP contribution in [-0.2, 0) is 11.8 Å². The van der Waals surface area contributed by atoms with Crippen molar-refractivity contribution in [2.75, 3.05) is 0 Å². The number of nitrogens with zero attached hydrogens (tertiary/aromatic N) is 3. The van der Waals surface area contributed by atoms with Crippen LogP contribution in [0.15, 0.2) is 17.8 Å². The SMILES string of the molecule is Cn1cc(-c2nc(C(=O)NC3(CC(=O)O)CCCC3)cs2)cn1. The van der Waals surface area contributed by atoms with Crippen molar-refractivity contribution >= 4 is 23.2 Å². The normalized spacial score (nSPS) is 16.4. The number of aromatic nitrogens is 3. The second-order valence-corrected chi connectivity index (χ2v) is 6.81. The molecule has 3 rings (SSSR count). The molecule has 2 N–H and O–H groups in total. The van der Waals surface area contributed by atoms with Crippen LogP contribution in [0.5, 0.6) is 0 Å². The van der Waals surface area contributed by atoms with Crippen molar-refractivity contribution in [3.63, 3.8) is 0 Å². The number of nitrogens with one attached hydrogen (secondary N) is 1. The summed E-state index contributed by atoms with van der Waals surface area (Å²) in [5, 5.41) is 18.5. The molecule has 7 nitrogen and oxygen atoms in total. The van der Waals surface area contributed by atoms with Crippen molar-refractivity contribution < 1.29 is 14.7 Å². The van der Waals surface area contributed by atoms with Gasteiger partial charge in [0, 0.05) is 24.2 Å². The van der Waals surface area contributed by atoms with Crippen LogP contribution in [0, 0.1) is 0 Å². The Morgan fingerprint density at radius 3 is 2.78 bits per heavy atom. The minimum atomic E-state index is -0.887. The van der Waals surface area contributed by atoms with Gasteiger partial charge in [-0.2, -0.15) is 5.10 Å². The van der Waals surface area contributed by atoms with E-state index in [1.807, 2.05) is 13.2 Å². The third-order valence-corrected chi connectivity index (χ3v) is 5.01. The molecule has 0 atom stereocenters. The van der Waals surface area contributed by atoms with E-state index in [-0.39, 0.29) is 12.3 Å². The topological polar surface area (TPSA) is 97.1 Å². The van der Waals surface area contributed by atoms with E-state index in [0.717, 1.165) is 23.4 Å². The monoisotopic (exact) mass is 334 g/mol. The largest absolute Gasteiger partial charge is 0.481 e. The van der Waals surface area contributed by atoms with Crippen molar-refractivity contribution in [3.05, 3.63) is 23.5 Å². The van der Waals surface area contributed by atoms with Crippen LogP contribution in [-0.4, -0.2) is 37.3 Å². The lowest BCUT2D eigenvalue weighted by Crippen LogP contribution is -2.47. The number of aliphatic carboxylic acids is 1. The fourth-order valence-corrected chi connectivity index (χ4v) is 3.81. The summed E-state index contributed by atoms with van der Waals surface area (Å²) in [5.41, 5.74) is 0.546.